The largest absolute Gasteiger partial charge is 0.280 e. The van der Waals surface area contributed by atoms with Crippen LogP contribution < -0.4 is 4.72 Å². The van der Waals surface area contributed by atoms with Crippen molar-refractivity contribution in [3.8, 4) is 11.4 Å². The molecule has 0 spiro atoms. The Morgan fingerprint density at radius 3 is 2.58 bits per heavy atom. The third kappa shape index (κ3) is 3.24. The van der Waals surface area contributed by atoms with Gasteiger partial charge in [-0.25, -0.2) is 13.1 Å². The fourth-order valence-corrected chi connectivity index (χ4v) is 3.81. The van der Waals surface area contributed by atoms with E-state index >= 15 is 0 Å². The standard InChI is InChI=1S/C15H14N6O4S/c1-10-13(21(22)23)7-4-8-14(10)26(24,25)17-12-6-3-5-11(9-12)15-16-18-19-20(15)2/h3-9,17H,1-2H3. The molecule has 134 valence electrons. The second kappa shape index (κ2) is 6.52. The van der Waals surface area contributed by atoms with Gasteiger partial charge >= 0.3 is 0 Å². The van der Waals surface area contributed by atoms with E-state index in [1.807, 2.05) is 0 Å². The lowest BCUT2D eigenvalue weighted by Gasteiger charge is -2.11. The van der Waals surface area contributed by atoms with E-state index in [4.69, 9.17) is 0 Å². The average molecular weight is 374 g/mol. The maximum Gasteiger partial charge on any atom is 0.273 e. The number of benzene rings is 2. The molecule has 0 atom stereocenters. The highest BCUT2D eigenvalue weighted by Crippen LogP contribution is 2.27. The minimum Gasteiger partial charge on any atom is -0.280 e. The topological polar surface area (TPSA) is 133 Å². The molecule has 2 aromatic carbocycles. The molecule has 11 heteroatoms. The maximum atomic E-state index is 12.7. The molecule has 3 aromatic rings. The van der Waals surface area contributed by atoms with Crippen LogP contribution in [-0.2, 0) is 17.1 Å². The predicted molar refractivity (Wildman–Crippen MR) is 92.9 cm³/mol. The summed E-state index contributed by atoms with van der Waals surface area (Å²) in [4.78, 5) is 10.3. The molecular formula is C15H14N6O4S. The van der Waals surface area contributed by atoms with E-state index in [2.05, 4.69) is 20.2 Å². The quantitative estimate of drug-likeness (QED) is 0.532. The summed E-state index contributed by atoms with van der Waals surface area (Å²) in [6.07, 6.45) is 0. The van der Waals surface area contributed by atoms with E-state index in [0.717, 1.165) is 0 Å². The van der Waals surface area contributed by atoms with Gasteiger partial charge in [0, 0.05) is 29.9 Å². The number of hydrogen-bond donors (Lipinski definition) is 1. The molecule has 0 unspecified atom stereocenters. The zero-order valence-electron chi connectivity index (χ0n) is 13.8. The second-order valence-corrected chi connectivity index (χ2v) is 7.12. The Hall–Kier alpha value is -3.34. The molecule has 0 aliphatic heterocycles. The summed E-state index contributed by atoms with van der Waals surface area (Å²) in [6.45, 7) is 1.40. The van der Waals surface area contributed by atoms with Crippen molar-refractivity contribution in [1.82, 2.24) is 20.2 Å². The van der Waals surface area contributed by atoms with Crippen molar-refractivity contribution in [2.45, 2.75) is 11.8 Å². The van der Waals surface area contributed by atoms with Gasteiger partial charge in [-0.15, -0.1) is 5.10 Å². The third-order valence-corrected chi connectivity index (χ3v) is 5.26. The molecule has 0 aliphatic carbocycles. The van der Waals surface area contributed by atoms with Crippen LogP contribution in [0.4, 0.5) is 11.4 Å². The number of anilines is 1. The number of aromatic nitrogens is 4. The minimum atomic E-state index is -4.01. The summed E-state index contributed by atoms with van der Waals surface area (Å²) in [5, 5.41) is 22.2. The Balaban J connectivity index is 1.98. The van der Waals surface area contributed by atoms with Gasteiger partial charge in [-0.1, -0.05) is 18.2 Å². The number of tetrazole rings is 1. The number of nitro benzene ring substituents is 1. The van der Waals surface area contributed by atoms with Crippen molar-refractivity contribution < 1.29 is 13.3 Å². The monoisotopic (exact) mass is 374 g/mol. The fourth-order valence-electron chi connectivity index (χ4n) is 2.50. The third-order valence-electron chi connectivity index (χ3n) is 3.73. The summed E-state index contributed by atoms with van der Waals surface area (Å²) in [7, 11) is -2.34. The van der Waals surface area contributed by atoms with Gasteiger partial charge < -0.3 is 0 Å². The predicted octanol–water partition coefficient (Wildman–Crippen LogP) is 1.89. The van der Waals surface area contributed by atoms with Gasteiger partial charge in [0.1, 0.15) is 0 Å². The van der Waals surface area contributed by atoms with Crippen molar-refractivity contribution >= 4 is 21.4 Å². The van der Waals surface area contributed by atoms with Crippen LogP contribution in [0.1, 0.15) is 5.56 Å². The molecule has 26 heavy (non-hydrogen) atoms. The van der Waals surface area contributed by atoms with Crippen LogP contribution in [0.25, 0.3) is 11.4 Å². The lowest BCUT2D eigenvalue weighted by atomic mass is 10.2. The van der Waals surface area contributed by atoms with E-state index in [-0.39, 0.29) is 21.8 Å². The summed E-state index contributed by atoms with van der Waals surface area (Å²) in [6, 6.07) is 10.5. The molecule has 0 amide bonds. The van der Waals surface area contributed by atoms with E-state index in [9.17, 15) is 18.5 Å². The minimum absolute atomic E-state index is 0.0682. The number of aryl methyl sites for hydroxylation is 1. The number of sulfonamides is 1. The van der Waals surface area contributed by atoms with Crippen LogP contribution in [0, 0.1) is 17.0 Å². The smallest absolute Gasteiger partial charge is 0.273 e. The van der Waals surface area contributed by atoms with Gasteiger partial charge in [0.05, 0.1) is 9.82 Å². The number of rotatable bonds is 5. The summed E-state index contributed by atoms with van der Waals surface area (Å²) >= 11 is 0. The molecule has 0 fully saturated rings. The first-order chi connectivity index (χ1) is 12.3. The highest BCUT2D eigenvalue weighted by atomic mass is 32.2. The molecule has 0 aliphatic rings. The number of nitro groups is 1. The molecule has 0 saturated heterocycles. The van der Waals surface area contributed by atoms with E-state index < -0.39 is 14.9 Å². The molecule has 10 nitrogen and oxygen atoms in total. The van der Waals surface area contributed by atoms with E-state index in [1.54, 1.807) is 31.3 Å². The van der Waals surface area contributed by atoms with Crippen LogP contribution in [0.3, 0.4) is 0 Å². The van der Waals surface area contributed by atoms with Crippen LogP contribution >= 0.6 is 0 Å². The Kier molecular flexibility index (Phi) is 4.38. The zero-order chi connectivity index (χ0) is 18.9. The summed E-state index contributed by atoms with van der Waals surface area (Å²) in [5.74, 6) is 0.470. The van der Waals surface area contributed by atoms with Gasteiger partial charge in [-0.2, -0.15) is 0 Å². The molecular weight excluding hydrogens is 360 g/mol. The molecule has 0 radical (unpaired) electrons. The second-order valence-electron chi connectivity index (χ2n) is 5.47. The zero-order valence-corrected chi connectivity index (χ0v) is 14.6. The van der Waals surface area contributed by atoms with E-state index in [1.165, 1.54) is 29.8 Å². The van der Waals surface area contributed by atoms with Crippen LogP contribution in [0.2, 0.25) is 0 Å². The van der Waals surface area contributed by atoms with Gasteiger partial charge in [-0.3, -0.25) is 14.8 Å². The Morgan fingerprint density at radius 2 is 1.92 bits per heavy atom. The maximum absolute atomic E-state index is 12.7. The molecule has 0 saturated carbocycles. The normalized spacial score (nSPS) is 11.3. The van der Waals surface area contributed by atoms with Crippen molar-refractivity contribution in [1.29, 1.82) is 0 Å². The van der Waals surface area contributed by atoms with Crippen molar-refractivity contribution in [3.05, 3.63) is 58.1 Å². The number of hydrogen-bond acceptors (Lipinski definition) is 7. The first kappa shape index (κ1) is 17.5. The van der Waals surface area contributed by atoms with E-state index in [0.29, 0.717) is 11.4 Å². The van der Waals surface area contributed by atoms with Gasteiger partial charge in [0.25, 0.3) is 15.7 Å². The molecule has 1 aromatic heterocycles. The summed E-state index contributed by atoms with van der Waals surface area (Å²) < 4.78 is 29.3. The Bertz CT molecular complexity index is 1090. The summed E-state index contributed by atoms with van der Waals surface area (Å²) in [5.41, 5.74) is 0.718. The van der Waals surface area contributed by atoms with Crippen LogP contribution in [-0.4, -0.2) is 33.5 Å². The van der Waals surface area contributed by atoms with Crippen molar-refractivity contribution in [2.24, 2.45) is 7.05 Å². The Morgan fingerprint density at radius 1 is 1.19 bits per heavy atom. The SMILES string of the molecule is Cc1c([N+](=O)[O-])cccc1S(=O)(=O)Nc1cccc(-c2nnnn2C)c1. The van der Waals surface area contributed by atoms with Crippen LogP contribution in [0.5, 0.6) is 0 Å². The van der Waals surface area contributed by atoms with Crippen molar-refractivity contribution in [2.75, 3.05) is 4.72 Å². The molecule has 3 rings (SSSR count). The first-order valence-corrected chi connectivity index (χ1v) is 8.87. The molecule has 0 bridgehead atoms. The lowest BCUT2D eigenvalue weighted by Crippen LogP contribution is -2.15. The first-order valence-electron chi connectivity index (χ1n) is 7.39. The number of nitrogens with one attached hydrogen (secondary N) is 1. The number of nitrogens with zero attached hydrogens (tertiary/aromatic N) is 5. The van der Waals surface area contributed by atoms with Crippen LogP contribution in [0.15, 0.2) is 47.4 Å². The molecule has 1 heterocycles. The Labute approximate surface area is 148 Å². The van der Waals surface area contributed by atoms with Gasteiger partial charge in [0.2, 0.25) is 0 Å². The van der Waals surface area contributed by atoms with Gasteiger partial charge in [0.15, 0.2) is 5.82 Å². The lowest BCUT2D eigenvalue weighted by molar-refractivity contribution is -0.385. The highest BCUT2D eigenvalue weighted by molar-refractivity contribution is 7.92. The van der Waals surface area contributed by atoms with Gasteiger partial charge in [-0.05, 0) is 35.5 Å². The van der Waals surface area contributed by atoms with Crippen molar-refractivity contribution in [3.63, 3.8) is 0 Å². The molecule has 1 N–H and O–H groups in total. The fraction of sp³-hybridized carbons (Fsp3) is 0.133. The highest BCUT2D eigenvalue weighted by Gasteiger charge is 2.23. The average Bonchev–Trinajstić information content (AvgIpc) is 3.00.